The molecule has 1 N–H and O–H groups in total. The summed E-state index contributed by atoms with van der Waals surface area (Å²) in [6, 6.07) is 0.328. The van der Waals surface area contributed by atoms with E-state index >= 15 is 0 Å². The fraction of sp³-hybridized carbons (Fsp3) is 0.600. The van der Waals surface area contributed by atoms with E-state index in [4.69, 9.17) is 11.6 Å². The molecule has 2 heterocycles. The maximum Gasteiger partial charge on any atom is 0.218 e. The molecule has 16 heavy (non-hydrogen) atoms. The number of hydrogen-bond donors (Lipinski definition) is 1. The van der Waals surface area contributed by atoms with Gasteiger partial charge in [-0.15, -0.1) is 0 Å². The van der Waals surface area contributed by atoms with Crippen molar-refractivity contribution >= 4 is 22.4 Å². The van der Waals surface area contributed by atoms with Crippen LogP contribution in [0.4, 0.5) is 0 Å². The molecule has 1 aliphatic heterocycles. The molecule has 0 aliphatic carbocycles. The van der Waals surface area contributed by atoms with Crippen LogP contribution in [0.25, 0.3) is 0 Å². The second-order valence-electron chi connectivity index (χ2n) is 3.84. The second-order valence-corrected chi connectivity index (χ2v) is 5.67. The molecule has 88 valence electrons. The highest BCUT2D eigenvalue weighted by atomic mass is 35.5. The van der Waals surface area contributed by atoms with Gasteiger partial charge in [-0.05, 0) is 19.4 Å². The largest absolute Gasteiger partial charge is 0.313 e. The van der Waals surface area contributed by atoms with Crippen molar-refractivity contribution in [2.24, 2.45) is 0 Å². The minimum atomic E-state index is -1.13. The number of nitrogens with one attached hydrogen (secondary N) is 1. The molecule has 6 heteroatoms. The van der Waals surface area contributed by atoms with Gasteiger partial charge in [-0.3, -0.25) is 4.21 Å². The molecule has 1 fully saturated rings. The Morgan fingerprint density at radius 3 is 2.81 bits per heavy atom. The van der Waals surface area contributed by atoms with Crippen LogP contribution >= 0.6 is 11.6 Å². The Labute approximate surface area is 102 Å². The quantitative estimate of drug-likeness (QED) is 0.834. The summed E-state index contributed by atoms with van der Waals surface area (Å²) in [5.74, 6) is 0.585. The predicted octanol–water partition coefficient (Wildman–Crippen LogP) is 1.38. The van der Waals surface area contributed by atoms with Gasteiger partial charge in [0.1, 0.15) is 0 Å². The molecule has 2 rings (SSSR count). The summed E-state index contributed by atoms with van der Waals surface area (Å²) >= 11 is 5.67. The molecule has 0 radical (unpaired) electrons. The Morgan fingerprint density at radius 1 is 1.44 bits per heavy atom. The van der Waals surface area contributed by atoms with Gasteiger partial charge in [-0.25, -0.2) is 9.97 Å². The van der Waals surface area contributed by atoms with E-state index in [1.165, 1.54) is 25.2 Å². The lowest BCUT2D eigenvalue weighted by molar-refractivity contribution is 0.427. The van der Waals surface area contributed by atoms with Crippen molar-refractivity contribution in [3.05, 3.63) is 17.4 Å². The Morgan fingerprint density at radius 2 is 2.19 bits per heavy atom. The molecule has 2 atom stereocenters. The zero-order chi connectivity index (χ0) is 11.4. The molecule has 1 aromatic rings. The van der Waals surface area contributed by atoms with Gasteiger partial charge >= 0.3 is 0 Å². The summed E-state index contributed by atoms with van der Waals surface area (Å²) in [6.45, 7) is 1.02. The highest BCUT2D eigenvalue weighted by molar-refractivity contribution is 7.84. The number of halogens is 1. The highest BCUT2D eigenvalue weighted by Gasteiger charge is 2.17. The van der Waals surface area contributed by atoms with E-state index in [-0.39, 0.29) is 0 Å². The van der Waals surface area contributed by atoms with Crippen LogP contribution in [-0.2, 0) is 10.8 Å². The lowest BCUT2D eigenvalue weighted by Gasteiger charge is -2.22. The highest BCUT2D eigenvalue weighted by Crippen LogP contribution is 2.11. The van der Waals surface area contributed by atoms with Crippen LogP contribution in [0.2, 0.25) is 5.02 Å². The lowest BCUT2D eigenvalue weighted by atomic mass is 10.1. The Balaban J connectivity index is 1.94. The Kier molecular flexibility index (Phi) is 4.26. The van der Waals surface area contributed by atoms with Crippen molar-refractivity contribution < 1.29 is 4.21 Å². The molecule has 0 bridgehead atoms. The standard InChI is InChI=1S/C10H14ClN3OS/c11-8-5-13-10(14-6-8)16(15)7-9-3-1-2-4-12-9/h5-6,9,12H,1-4,7H2/t9-,16-/m1/s1. The minimum Gasteiger partial charge on any atom is -0.313 e. The third-order valence-electron chi connectivity index (χ3n) is 2.57. The Hall–Kier alpha value is -0.520. The molecule has 4 nitrogen and oxygen atoms in total. The van der Waals surface area contributed by atoms with Crippen LogP contribution in [0.3, 0.4) is 0 Å². The van der Waals surface area contributed by atoms with Gasteiger partial charge in [0.05, 0.1) is 28.2 Å². The van der Waals surface area contributed by atoms with Crippen LogP contribution in [0.15, 0.2) is 17.6 Å². The monoisotopic (exact) mass is 259 g/mol. The van der Waals surface area contributed by atoms with E-state index in [0.717, 1.165) is 13.0 Å². The third kappa shape index (κ3) is 3.23. The number of piperidine rings is 1. The average molecular weight is 260 g/mol. The van der Waals surface area contributed by atoms with Crippen LogP contribution < -0.4 is 5.32 Å². The second kappa shape index (κ2) is 5.70. The summed E-state index contributed by atoms with van der Waals surface area (Å²) in [6.07, 6.45) is 6.46. The molecule has 1 saturated heterocycles. The molecule has 0 aromatic carbocycles. The van der Waals surface area contributed by atoms with Crippen molar-refractivity contribution in [2.45, 2.75) is 30.5 Å². The van der Waals surface area contributed by atoms with Gasteiger partial charge in [0.15, 0.2) is 0 Å². The van der Waals surface area contributed by atoms with Crippen LogP contribution in [-0.4, -0.2) is 32.5 Å². The van der Waals surface area contributed by atoms with E-state index in [9.17, 15) is 4.21 Å². The van der Waals surface area contributed by atoms with Gasteiger partial charge in [0.25, 0.3) is 0 Å². The molecular weight excluding hydrogens is 246 g/mol. The van der Waals surface area contributed by atoms with E-state index < -0.39 is 10.8 Å². The van der Waals surface area contributed by atoms with Crippen molar-refractivity contribution in [1.29, 1.82) is 0 Å². The first-order valence-corrected chi connectivity index (χ1v) is 7.05. The van der Waals surface area contributed by atoms with Gasteiger partial charge in [-0.1, -0.05) is 18.0 Å². The molecule has 0 unspecified atom stereocenters. The number of hydrogen-bond acceptors (Lipinski definition) is 4. The smallest absolute Gasteiger partial charge is 0.218 e. The summed E-state index contributed by atoms with van der Waals surface area (Å²) < 4.78 is 11.9. The zero-order valence-corrected chi connectivity index (χ0v) is 10.4. The third-order valence-corrected chi connectivity index (χ3v) is 4.08. The number of rotatable bonds is 3. The van der Waals surface area contributed by atoms with Gasteiger partial charge in [0, 0.05) is 11.8 Å². The van der Waals surface area contributed by atoms with Crippen molar-refractivity contribution in [1.82, 2.24) is 15.3 Å². The molecule has 1 aromatic heterocycles. The molecule has 1 aliphatic rings. The van der Waals surface area contributed by atoms with E-state index in [1.807, 2.05) is 0 Å². The van der Waals surface area contributed by atoms with Gasteiger partial charge in [0.2, 0.25) is 5.16 Å². The maximum absolute atomic E-state index is 11.9. The summed E-state index contributed by atoms with van der Waals surface area (Å²) in [5.41, 5.74) is 0. The first kappa shape index (κ1) is 12.0. The van der Waals surface area contributed by atoms with Gasteiger partial charge < -0.3 is 5.32 Å². The SMILES string of the molecule is O=[S@](C[C@H]1CCCCN1)c1ncc(Cl)cn1. The number of nitrogens with zero attached hydrogens (tertiary/aromatic N) is 2. The van der Waals surface area contributed by atoms with E-state index in [0.29, 0.717) is 22.0 Å². The maximum atomic E-state index is 11.9. The van der Waals surface area contributed by atoms with E-state index in [2.05, 4.69) is 15.3 Å². The topological polar surface area (TPSA) is 54.9 Å². The molecule has 0 spiro atoms. The molecular formula is C10H14ClN3OS. The Bertz CT molecular complexity index is 365. The average Bonchev–Trinajstić information content (AvgIpc) is 2.31. The van der Waals surface area contributed by atoms with Crippen molar-refractivity contribution in [2.75, 3.05) is 12.3 Å². The van der Waals surface area contributed by atoms with Crippen LogP contribution in [0.1, 0.15) is 19.3 Å². The van der Waals surface area contributed by atoms with Crippen LogP contribution in [0, 0.1) is 0 Å². The first-order chi connectivity index (χ1) is 7.75. The summed E-state index contributed by atoms with van der Waals surface area (Å²) in [7, 11) is -1.13. The predicted molar refractivity (Wildman–Crippen MR) is 64.0 cm³/mol. The normalized spacial score (nSPS) is 22.9. The zero-order valence-electron chi connectivity index (χ0n) is 8.86. The summed E-state index contributed by atoms with van der Waals surface area (Å²) in [5, 5.41) is 4.20. The fourth-order valence-corrected chi connectivity index (χ4v) is 2.98. The minimum absolute atomic E-state index is 0.328. The first-order valence-electron chi connectivity index (χ1n) is 5.35. The van der Waals surface area contributed by atoms with Crippen molar-refractivity contribution in [3.63, 3.8) is 0 Å². The lowest BCUT2D eigenvalue weighted by Crippen LogP contribution is -2.38. The van der Waals surface area contributed by atoms with Crippen molar-refractivity contribution in [3.8, 4) is 0 Å². The summed E-state index contributed by atoms with van der Waals surface area (Å²) in [4.78, 5) is 7.95. The molecule has 0 amide bonds. The van der Waals surface area contributed by atoms with E-state index in [1.54, 1.807) is 0 Å². The number of aromatic nitrogens is 2. The van der Waals surface area contributed by atoms with Crippen LogP contribution in [0.5, 0.6) is 0 Å². The fourth-order valence-electron chi connectivity index (χ4n) is 1.74. The van der Waals surface area contributed by atoms with Gasteiger partial charge in [-0.2, -0.15) is 0 Å². The molecule has 0 saturated carbocycles.